The van der Waals surface area contributed by atoms with Gasteiger partial charge in [-0.2, -0.15) is 0 Å². The fourth-order valence-corrected chi connectivity index (χ4v) is 2.90. The van der Waals surface area contributed by atoms with Gasteiger partial charge in [-0.25, -0.2) is 4.79 Å². The van der Waals surface area contributed by atoms with E-state index in [0.717, 1.165) is 6.54 Å². The van der Waals surface area contributed by atoms with Crippen molar-refractivity contribution in [3.8, 4) is 0 Å². The van der Waals surface area contributed by atoms with Crippen LogP contribution in [0.4, 0.5) is 4.79 Å². The maximum absolute atomic E-state index is 12.2. The number of carbonyl (C=O) groups is 1. The summed E-state index contributed by atoms with van der Waals surface area (Å²) in [6, 6.07) is 15.3. The molecule has 3 heteroatoms. The third kappa shape index (κ3) is 2.03. The predicted octanol–water partition coefficient (Wildman–Crippen LogP) is 3.66. The van der Waals surface area contributed by atoms with Crippen molar-refractivity contribution < 1.29 is 4.79 Å². The van der Waals surface area contributed by atoms with E-state index >= 15 is 0 Å². The van der Waals surface area contributed by atoms with Gasteiger partial charge in [-0.1, -0.05) is 36.4 Å². The van der Waals surface area contributed by atoms with Gasteiger partial charge in [0.2, 0.25) is 0 Å². The zero-order chi connectivity index (χ0) is 14.3. The van der Waals surface area contributed by atoms with Gasteiger partial charge in [-0.05, 0) is 36.2 Å². The van der Waals surface area contributed by atoms with Gasteiger partial charge in [0.15, 0.2) is 0 Å². The molecule has 1 unspecified atom stereocenters. The lowest BCUT2D eigenvalue weighted by Crippen LogP contribution is -2.34. The maximum atomic E-state index is 12.2. The van der Waals surface area contributed by atoms with Gasteiger partial charge in [0, 0.05) is 19.6 Å². The highest BCUT2D eigenvalue weighted by Crippen LogP contribution is 2.31. The summed E-state index contributed by atoms with van der Waals surface area (Å²) in [6.45, 7) is 4.90. The second-order valence-electron chi connectivity index (χ2n) is 5.76. The summed E-state index contributed by atoms with van der Waals surface area (Å²) in [7, 11) is 1.89. The highest BCUT2D eigenvalue weighted by Gasteiger charge is 2.36. The predicted molar refractivity (Wildman–Crippen MR) is 81.7 cm³/mol. The fourth-order valence-electron chi connectivity index (χ4n) is 2.90. The number of benzene rings is 2. The van der Waals surface area contributed by atoms with Crippen LogP contribution in [-0.2, 0) is 0 Å². The third-order valence-corrected chi connectivity index (χ3v) is 4.17. The van der Waals surface area contributed by atoms with Crippen molar-refractivity contribution >= 4 is 16.8 Å². The summed E-state index contributed by atoms with van der Waals surface area (Å²) in [5, 5.41) is 2.47. The van der Waals surface area contributed by atoms with E-state index in [-0.39, 0.29) is 18.1 Å². The van der Waals surface area contributed by atoms with Gasteiger partial charge in [0.25, 0.3) is 0 Å². The molecule has 104 valence electrons. The number of likely N-dealkylation sites (N-methyl/N-ethyl adjacent to an activating group) is 1. The molecular formula is C17H20N2O. The summed E-state index contributed by atoms with van der Waals surface area (Å²) in [5.41, 5.74) is 1.21. The molecule has 0 spiro atoms. The molecule has 1 heterocycles. The Balaban J connectivity index is 1.97. The molecule has 0 aliphatic carbocycles. The van der Waals surface area contributed by atoms with E-state index in [1.54, 1.807) is 0 Å². The van der Waals surface area contributed by atoms with Crippen LogP contribution < -0.4 is 0 Å². The molecule has 1 aliphatic rings. The Kier molecular flexibility index (Phi) is 3.13. The quantitative estimate of drug-likeness (QED) is 0.815. The summed E-state index contributed by atoms with van der Waals surface area (Å²) in [4.78, 5) is 16.0. The summed E-state index contributed by atoms with van der Waals surface area (Å²) >= 11 is 0. The van der Waals surface area contributed by atoms with Crippen LogP contribution in [-0.4, -0.2) is 35.5 Å². The van der Waals surface area contributed by atoms with E-state index in [2.05, 4.69) is 50.2 Å². The van der Waals surface area contributed by atoms with E-state index < -0.39 is 0 Å². The minimum Gasteiger partial charge on any atom is -0.320 e. The largest absolute Gasteiger partial charge is 0.320 e. The number of rotatable bonds is 2. The van der Waals surface area contributed by atoms with Crippen LogP contribution in [0.3, 0.4) is 0 Å². The second-order valence-corrected chi connectivity index (χ2v) is 5.76. The Morgan fingerprint density at radius 3 is 2.45 bits per heavy atom. The first-order valence-corrected chi connectivity index (χ1v) is 7.10. The normalized spacial score (nSPS) is 19.4. The van der Waals surface area contributed by atoms with Crippen molar-refractivity contribution in [2.75, 3.05) is 13.6 Å². The number of fused-ring (bicyclic) bond motifs is 1. The molecule has 0 aromatic heterocycles. The second kappa shape index (κ2) is 4.82. The van der Waals surface area contributed by atoms with Crippen LogP contribution in [0.15, 0.2) is 42.5 Å². The smallest absolute Gasteiger partial charge is 0.320 e. The molecule has 2 aromatic rings. The lowest BCUT2D eigenvalue weighted by molar-refractivity contribution is 0.187. The lowest BCUT2D eigenvalue weighted by Gasteiger charge is -2.19. The van der Waals surface area contributed by atoms with E-state index in [9.17, 15) is 4.79 Å². The molecule has 0 saturated carbocycles. The fraction of sp³-hybridized carbons (Fsp3) is 0.353. The van der Waals surface area contributed by atoms with Crippen LogP contribution in [0.1, 0.15) is 25.5 Å². The van der Waals surface area contributed by atoms with Crippen molar-refractivity contribution in [2.24, 2.45) is 0 Å². The molecule has 20 heavy (non-hydrogen) atoms. The molecule has 1 aliphatic heterocycles. The van der Waals surface area contributed by atoms with Crippen molar-refractivity contribution in [1.82, 2.24) is 9.80 Å². The van der Waals surface area contributed by atoms with Gasteiger partial charge in [-0.15, -0.1) is 0 Å². The molecule has 0 radical (unpaired) electrons. The van der Waals surface area contributed by atoms with Crippen molar-refractivity contribution in [3.05, 3.63) is 48.0 Å². The highest BCUT2D eigenvalue weighted by atomic mass is 16.2. The van der Waals surface area contributed by atoms with Gasteiger partial charge < -0.3 is 9.80 Å². The standard InChI is InChI=1S/C17H20N2O/c1-12(2)19-11-16(18(3)17(19)20)15-9-8-13-6-4-5-7-14(13)10-15/h4-10,12,16H,11H2,1-3H3. The number of hydrogen-bond acceptors (Lipinski definition) is 1. The van der Waals surface area contributed by atoms with Gasteiger partial charge >= 0.3 is 6.03 Å². The first kappa shape index (κ1) is 13.0. The van der Waals surface area contributed by atoms with Crippen LogP contribution in [0.2, 0.25) is 0 Å². The van der Waals surface area contributed by atoms with Crippen molar-refractivity contribution in [2.45, 2.75) is 25.9 Å². The van der Waals surface area contributed by atoms with Crippen molar-refractivity contribution in [1.29, 1.82) is 0 Å². The number of amides is 2. The third-order valence-electron chi connectivity index (χ3n) is 4.17. The molecule has 2 amide bonds. The molecular weight excluding hydrogens is 248 g/mol. The number of carbonyl (C=O) groups excluding carboxylic acids is 1. The summed E-state index contributed by atoms with van der Waals surface area (Å²) in [5.74, 6) is 0. The Morgan fingerprint density at radius 1 is 1.10 bits per heavy atom. The summed E-state index contributed by atoms with van der Waals surface area (Å²) in [6.07, 6.45) is 0. The molecule has 1 saturated heterocycles. The monoisotopic (exact) mass is 268 g/mol. The first-order valence-electron chi connectivity index (χ1n) is 7.10. The summed E-state index contributed by atoms with van der Waals surface area (Å²) < 4.78 is 0. The molecule has 0 N–H and O–H groups in total. The van der Waals surface area contributed by atoms with Gasteiger partial charge in [0.05, 0.1) is 6.04 Å². The van der Waals surface area contributed by atoms with E-state index in [4.69, 9.17) is 0 Å². The average molecular weight is 268 g/mol. The zero-order valence-corrected chi connectivity index (χ0v) is 12.2. The highest BCUT2D eigenvalue weighted by molar-refractivity contribution is 5.84. The van der Waals surface area contributed by atoms with Crippen LogP contribution in [0.5, 0.6) is 0 Å². The number of nitrogens with zero attached hydrogens (tertiary/aromatic N) is 2. The maximum Gasteiger partial charge on any atom is 0.320 e. The molecule has 3 nitrogen and oxygen atoms in total. The average Bonchev–Trinajstić information content (AvgIpc) is 2.75. The van der Waals surface area contributed by atoms with Crippen LogP contribution >= 0.6 is 0 Å². The lowest BCUT2D eigenvalue weighted by atomic mass is 10.0. The Morgan fingerprint density at radius 2 is 1.80 bits per heavy atom. The Labute approximate surface area is 119 Å². The molecule has 1 fully saturated rings. The Hall–Kier alpha value is -2.03. The molecule has 2 aromatic carbocycles. The Bertz CT molecular complexity index is 650. The van der Waals surface area contributed by atoms with Gasteiger partial charge in [0.1, 0.15) is 0 Å². The van der Waals surface area contributed by atoms with Crippen LogP contribution in [0.25, 0.3) is 10.8 Å². The molecule has 3 rings (SSSR count). The molecule has 0 bridgehead atoms. The van der Waals surface area contributed by atoms with Crippen molar-refractivity contribution in [3.63, 3.8) is 0 Å². The minimum atomic E-state index is 0.123. The van der Waals surface area contributed by atoms with Gasteiger partial charge in [-0.3, -0.25) is 0 Å². The SMILES string of the molecule is CC(C)N1CC(c2ccc3ccccc3c2)N(C)C1=O. The zero-order valence-electron chi connectivity index (χ0n) is 12.2. The van der Waals surface area contributed by atoms with E-state index in [1.165, 1.54) is 16.3 Å². The molecule has 1 atom stereocenters. The number of urea groups is 1. The van der Waals surface area contributed by atoms with Crippen LogP contribution in [0, 0.1) is 0 Å². The first-order chi connectivity index (χ1) is 9.58. The van der Waals surface area contributed by atoms with E-state index in [1.807, 2.05) is 22.9 Å². The topological polar surface area (TPSA) is 23.6 Å². The minimum absolute atomic E-state index is 0.123. The van der Waals surface area contributed by atoms with E-state index in [0.29, 0.717) is 0 Å². The number of hydrogen-bond donors (Lipinski definition) is 0.